The zero-order valence-electron chi connectivity index (χ0n) is 17.8. The summed E-state index contributed by atoms with van der Waals surface area (Å²) in [6.07, 6.45) is 11.8. The molecule has 0 spiro atoms. The molecule has 1 heteroatoms. The molecule has 3 aromatic rings. The second kappa shape index (κ2) is 9.84. The van der Waals surface area contributed by atoms with Crippen molar-refractivity contribution in [3.05, 3.63) is 107 Å². The van der Waals surface area contributed by atoms with E-state index in [0.717, 1.165) is 17.7 Å². The number of aromatic nitrogens is 1. The maximum absolute atomic E-state index is 4.44. The molecule has 0 saturated heterocycles. The van der Waals surface area contributed by atoms with E-state index in [1.165, 1.54) is 33.4 Å². The van der Waals surface area contributed by atoms with Gasteiger partial charge < -0.3 is 0 Å². The summed E-state index contributed by atoms with van der Waals surface area (Å²) in [6.45, 7) is 8.44. The van der Waals surface area contributed by atoms with Gasteiger partial charge in [-0.25, -0.2) is 0 Å². The molecule has 0 aliphatic heterocycles. The van der Waals surface area contributed by atoms with Crippen molar-refractivity contribution in [3.8, 4) is 11.1 Å². The number of pyridine rings is 1. The van der Waals surface area contributed by atoms with Crippen LogP contribution in [0.3, 0.4) is 0 Å². The molecule has 1 aromatic heterocycles. The summed E-state index contributed by atoms with van der Waals surface area (Å²) in [5, 5.41) is 0. The Labute approximate surface area is 175 Å². The third-order valence-electron chi connectivity index (χ3n) is 4.98. The minimum Gasteiger partial charge on any atom is -0.261 e. The van der Waals surface area contributed by atoms with Gasteiger partial charge in [0.05, 0.1) is 0 Å². The van der Waals surface area contributed by atoms with Crippen molar-refractivity contribution in [1.82, 2.24) is 4.98 Å². The lowest BCUT2D eigenvalue weighted by Crippen LogP contribution is -1.89. The summed E-state index contributed by atoms with van der Waals surface area (Å²) >= 11 is 0. The standard InChI is InChI=1S/C28H29N/c1-5-10-23(11-6-2)28-15-8-7-12-26(28)18-21(3)24-13-9-14-25(19-24)27-17-16-22(4)29-20-27/h5,7-20H,6H2,1-4H3/b10-5-,21-18+,23-11+. The molecule has 1 heterocycles. The topological polar surface area (TPSA) is 12.9 Å². The maximum atomic E-state index is 4.44. The van der Waals surface area contributed by atoms with E-state index >= 15 is 0 Å². The number of hydrogen-bond donors (Lipinski definition) is 0. The van der Waals surface area contributed by atoms with Crippen LogP contribution < -0.4 is 0 Å². The van der Waals surface area contributed by atoms with Crippen molar-refractivity contribution < 1.29 is 0 Å². The Morgan fingerprint density at radius 3 is 2.52 bits per heavy atom. The highest BCUT2D eigenvalue weighted by Gasteiger charge is 2.06. The van der Waals surface area contributed by atoms with Crippen molar-refractivity contribution in [2.75, 3.05) is 0 Å². The van der Waals surface area contributed by atoms with Gasteiger partial charge in [0, 0.05) is 17.5 Å². The lowest BCUT2D eigenvalue weighted by Gasteiger charge is -2.10. The van der Waals surface area contributed by atoms with E-state index in [1.54, 1.807) is 0 Å². The number of benzene rings is 2. The molecule has 0 N–H and O–H groups in total. The Hall–Kier alpha value is -3.19. The van der Waals surface area contributed by atoms with Gasteiger partial charge >= 0.3 is 0 Å². The van der Waals surface area contributed by atoms with E-state index in [0.29, 0.717) is 0 Å². The molecule has 0 unspecified atom stereocenters. The number of nitrogens with zero attached hydrogens (tertiary/aromatic N) is 1. The Balaban J connectivity index is 2.00. The maximum Gasteiger partial charge on any atom is 0.0373 e. The van der Waals surface area contributed by atoms with Crippen molar-refractivity contribution in [3.63, 3.8) is 0 Å². The van der Waals surface area contributed by atoms with Crippen LogP contribution in [0.1, 0.15) is 49.6 Å². The quantitative estimate of drug-likeness (QED) is 0.312. The first-order valence-corrected chi connectivity index (χ1v) is 10.3. The Morgan fingerprint density at radius 2 is 1.79 bits per heavy atom. The van der Waals surface area contributed by atoms with Gasteiger partial charge in [-0.15, -0.1) is 0 Å². The molecule has 0 bridgehead atoms. The van der Waals surface area contributed by atoms with Crippen LogP contribution in [-0.4, -0.2) is 4.98 Å². The van der Waals surface area contributed by atoms with E-state index in [2.05, 4.69) is 111 Å². The van der Waals surface area contributed by atoms with Crippen LogP contribution in [0.4, 0.5) is 0 Å². The van der Waals surface area contributed by atoms with E-state index in [-0.39, 0.29) is 0 Å². The minimum absolute atomic E-state index is 1.02. The highest BCUT2D eigenvalue weighted by Crippen LogP contribution is 2.28. The molecule has 0 aliphatic rings. The second-order valence-electron chi connectivity index (χ2n) is 7.25. The predicted octanol–water partition coefficient (Wildman–Crippen LogP) is 7.99. The van der Waals surface area contributed by atoms with Crippen LogP contribution in [0, 0.1) is 6.92 Å². The first-order valence-electron chi connectivity index (χ1n) is 10.3. The van der Waals surface area contributed by atoms with Crippen LogP contribution in [0.5, 0.6) is 0 Å². The monoisotopic (exact) mass is 379 g/mol. The summed E-state index contributed by atoms with van der Waals surface area (Å²) in [5.41, 5.74) is 9.63. The first kappa shape index (κ1) is 20.5. The first-order chi connectivity index (χ1) is 14.1. The van der Waals surface area contributed by atoms with Crippen LogP contribution in [0.25, 0.3) is 28.3 Å². The molecular formula is C28H29N. The highest BCUT2D eigenvalue weighted by atomic mass is 14.7. The second-order valence-corrected chi connectivity index (χ2v) is 7.25. The summed E-state index contributed by atoms with van der Waals surface area (Å²) < 4.78 is 0. The van der Waals surface area contributed by atoms with Gasteiger partial charge in [-0.3, -0.25) is 4.98 Å². The molecule has 146 valence electrons. The lowest BCUT2D eigenvalue weighted by atomic mass is 9.94. The SMILES string of the molecule is C/C=C\C(=C/CC)c1ccccc1/C=C(\C)c1cccc(-c2ccc(C)nc2)c1. The van der Waals surface area contributed by atoms with Gasteiger partial charge in [-0.1, -0.05) is 79.8 Å². The van der Waals surface area contributed by atoms with Gasteiger partial charge in [-0.2, -0.15) is 0 Å². The third-order valence-corrected chi connectivity index (χ3v) is 4.98. The normalized spacial score (nSPS) is 12.6. The summed E-state index contributed by atoms with van der Waals surface area (Å²) in [5.74, 6) is 0. The average molecular weight is 380 g/mol. The van der Waals surface area contributed by atoms with Crippen LogP contribution in [0.2, 0.25) is 0 Å². The van der Waals surface area contributed by atoms with Crippen molar-refractivity contribution >= 4 is 17.2 Å². The van der Waals surface area contributed by atoms with Crippen LogP contribution in [-0.2, 0) is 0 Å². The number of rotatable bonds is 6. The molecule has 0 fully saturated rings. The number of allylic oxidation sites excluding steroid dienone is 5. The fourth-order valence-electron chi connectivity index (χ4n) is 3.45. The Bertz CT molecular complexity index is 1050. The molecule has 0 radical (unpaired) electrons. The molecule has 3 rings (SSSR count). The fraction of sp³-hybridized carbons (Fsp3) is 0.179. The smallest absolute Gasteiger partial charge is 0.0373 e. The van der Waals surface area contributed by atoms with Gasteiger partial charge in [0.1, 0.15) is 0 Å². The average Bonchev–Trinajstić information content (AvgIpc) is 2.75. The van der Waals surface area contributed by atoms with E-state index in [1.807, 2.05) is 13.1 Å². The molecule has 0 saturated carbocycles. The molecule has 0 atom stereocenters. The Morgan fingerprint density at radius 1 is 0.966 bits per heavy atom. The fourth-order valence-corrected chi connectivity index (χ4v) is 3.45. The molecular weight excluding hydrogens is 350 g/mol. The highest BCUT2D eigenvalue weighted by molar-refractivity contribution is 5.88. The van der Waals surface area contributed by atoms with Gasteiger partial charge in [0.15, 0.2) is 0 Å². The third kappa shape index (κ3) is 5.20. The summed E-state index contributed by atoms with van der Waals surface area (Å²) in [6, 6.07) is 21.5. The summed E-state index contributed by atoms with van der Waals surface area (Å²) in [7, 11) is 0. The van der Waals surface area contributed by atoms with Crippen LogP contribution >= 0.6 is 0 Å². The van der Waals surface area contributed by atoms with Crippen molar-refractivity contribution in [2.24, 2.45) is 0 Å². The van der Waals surface area contributed by atoms with Crippen molar-refractivity contribution in [1.29, 1.82) is 0 Å². The number of hydrogen-bond acceptors (Lipinski definition) is 1. The molecule has 29 heavy (non-hydrogen) atoms. The van der Waals surface area contributed by atoms with E-state index in [9.17, 15) is 0 Å². The largest absolute Gasteiger partial charge is 0.261 e. The van der Waals surface area contributed by atoms with Gasteiger partial charge in [-0.05, 0) is 72.7 Å². The molecule has 0 amide bonds. The molecule has 0 aliphatic carbocycles. The zero-order chi connectivity index (χ0) is 20.6. The number of aryl methyl sites for hydroxylation is 1. The molecule has 2 aromatic carbocycles. The predicted molar refractivity (Wildman–Crippen MR) is 127 cm³/mol. The van der Waals surface area contributed by atoms with E-state index in [4.69, 9.17) is 0 Å². The zero-order valence-corrected chi connectivity index (χ0v) is 17.8. The van der Waals surface area contributed by atoms with E-state index < -0.39 is 0 Å². The van der Waals surface area contributed by atoms with Gasteiger partial charge in [0.25, 0.3) is 0 Å². The van der Waals surface area contributed by atoms with Crippen LogP contribution in [0.15, 0.2) is 85.1 Å². The lowest BCUT2D eigenvalue weighted by molar-refractivity contribution is 1.20. The van der Waals surface area contributed by atoms with Gasteiger partial charge in [0.2, 0.25) is 0 Å². The molecule has 1 nitrogen and oxygen atoms in total. The Kier molecular flexibility index (Phi) is 6.97. The minimum atomic E-state index is 1.02. The van der Waals surface area contributed by atoms with Crippen molar-refractivity contribution in [2.45, 2.75) is 34.1 Å². The summed E-state index contributed by atoms with van der Waals surface area (Å²) in [4.78, 5) is 4.44.